The number of hydrogen-bond acceptors (Lipinski definition) is 7. The average Bonchev–Trinajstić information content (AvgIpc) is 3.14. The molecule has 2 aromatic heterocycles. The van der Waals surface area contributed by atoms with E-state index in [0.717, 1.165) is 19.3 Å². The molecule has 4 rings (SSSR count). The standard InChI is InChI=1S/C18H21N5O4.CH2O2/c1-10-7-15(22-27-10)18(26)23-12-3-2-4-13(23)9-11(8-12)19-17(25)14-5-6-16(24)21-20-14;2-1-3/h5-7,11-13H,2-4,8-9H2,1H3,(H,19,25)(H,21,24);1H,(H,2,3)/t11?,12-,13+;. The van der Waals surface area contributed by atoms with Crippen molar-refractivity contribution in [3.8, 4) is 0 Å². The first-order chi connectivity index (χ1) is 14.4. The molecule has 2 amide bonds. The number of hydrogen-bond donors (Lipinski definition) is 3. The summed E-state index contributed by atoms with van der Waals surface area (Å²) in [5.74, 6) is 0.189. The van der Waals surface area contributed by atoms with E-state index in [1.54, 1.807) is 13.0 Å². The van der Waals surface area contributed by atoms with Crippen LogP contribution in [-0.4, -0.2) is 61.8 Å². The van der Waals surface area contributed by atoms with E-state index in [1.807, 2.05) is 4.90 Å². The minimum atomic E-state index is -0.351. The van der Waals surface area contributed by atoms with Crippen LogP contribution in [0, 0.1) is 6.92 Å². The van der Waals surface area contributed by atoms with Gasteiger partial charge in [0.25, 0.3) is 23.8 Å². The van der Waals surface area contributed by atoms with E-state index in [4.69, 9.17) is 14.4 Å². The van der Waals surface area contributed by atoms with Gasteiger partial charge in [0, 0.05) is 30.3 Å². The minimum absolute atomic E-state index is 0.0374. The van der Waals surface area contributed by atoms with Crippen LogP contribution in [-0.2, 0) is 4.79 Å². The molecule has 0 radical (unpaired) electrons. The fraction of sp³-hybridized carbons (Fsp3) is 0.474. The Kier molecular flexibility index (Phi) is 6.60. The van der Waals surface area contributed by atoms with Gasteiger partial charge in [-0.1, -0.05) is 5.16 Å². The molecule has 11 nitrogen and oxygen atoms in total. The molecule has 2 bridgehead atoms. The maximum Gasteiger partial charge on any atom is 0.290 e. The Labute approximate surface area is 171 Å². The maximum absolute atomic E-state index is 12.9. The molecule has 2 aliphatic heterocycles. The van der Waals surface area contributed by atoms with Crippen LogP contribution in [0.25, 0.3) is 0 Å². The summed E-state index contributed by atoms with van der Waals surface area (Å²) in [5.41, 5.74) is 0.164. The number of rotatable bonds is 3. The highest BCUT2D eigenvalue weighted by atomic mass is 16.5. The Hall–Kier alpha value is -3.50. The Morgan fingerprint density at radius 1 is 1.27 bits per heavy atom. The molecule has 3 atom stereocenters. The zero-order valence-corrected chi connectivity index (χ0v) is 16.4. The van der Waals surface area contributed by atoms with E-state index < -0.39 is 0 Å². The fourth-order valence-electron chi connectivity index (χ4n) is 4.16. The largest absolute Gasteiger partial charge is 0.483 e. The first-order valence-corrected chi connectivity index (χ1v) is 9.63. The van der Waals surface area contributed by atoms with Crippen LogP contribution in [0.4, 0.5) is 0 Å². The molecule has 0 spiro atoms. The predicted octanol–water partition coefficient (Wildman–Crippen LogP) is 0.723. The summed E-state index contributed by atoms with van der Waals surface area (Å²) >= 11 is 0. The number of aromatic nitrogens is 3. The van der Waals surface area contributed by atoms with Crippen molar-refractivity contribution in [2.75, 3.05) is 0 Å². The predicted molar refractivity (Wildman–Crippen MR) is 103 cm³/mol. The van der Waals surface area contributed by atoms with Gasteiger partial charge in [0.05, 0.1) is 0 Å². The lowest BCUT2D eigenvalue weighted by molar-refractivity contribution is -0.122. The molecule has 2 fully saturated rings. The molecule has 0 saturated carbocycles. The van der Waals surface area contributed by atoms with Crippen LogP contribution in [0.5, 0.6) is 0 Å². The van der Waals surface area contributed by atoms with E-state index in [0.29, 0.717) is 24.3 Å². The third-order valence-corrected chi connectivity index (χ3v) is 5.30. The van der Waals surface area contributed by atoms with Gasteiger partial charge in [-0.2, -0.15) is 5.10 Å². The van der Waals surface area contributed by atoms with Gasteiger partial charge >= 0.3 is 0 Å². The van der Waals surface area contributed by atoms with Gasteiger partial charge in [-0.15, -0.1) is 0 Å². The van der Waals surface area contributed by atoms with Crippen molar-refractivity contribution in [1.82, 2.24) is 25.6 Å². The maximum atomic E-state index is 12.9. The number of carbonyl (C=O) groups excluding carboxylic acids is 2. The molecule has 2 saturated heterocycles. The average molecular weight is 417 g/mol. The van der Waals surface area contributed by atoms with Gasteiger partial charge in [-0.3, -0.25) is 19.2 Å². The number of aromatic amines is 1. The molecule has 2 aromatic rings. The SMILES string of the molecule is Cc1cc(C(=O)N2[C@@H]3CCC[C@H]2CC(NC(=O)c2ccc(=O)[nH]n2)C3)no1.O=CO. The second-order valence-corrected chi connectivity index (χ2v) is 7.33. The van der Waals surface area contributed by atoms with Crippen molar-refractivity contribution in [3.05, 3.63) is 45.7 Å². The van der Waals surface area contributed by atoms with Crippen LogP contribution in [0.1, 0.15) is 58.8 Å². The molecule has 0 aliphatic carbocycles. The summed E-state index contributed by atoms with van der Waals surface area (Å²) in [6.45, 7) is 1.51. The number of nitrogens with zero attached hydrogens (tertiary/aromatic N) is 3. The minimum Gasteiger partial charge on any atom is -0.483 e. The summed E-state index contributed by atoms with van der Waals surface area (Å²) in [6.07, 6.45) is 4.26. The quantitative estimate of drug-likeness (QED) is 0.616. The van der Waals surface area contributed by atoms with Crippen LogP contribution in [0.3, 0.4) is 0 Å². The summed E-state index contributed by atoms with van der Waals surface area (Å²) < 4.78 is 5.04. The number of carboxylic acid groups (broad SMARTS) is 1. The first kappa shape index (κ1) is 21.2. The second-order valence-electron chi connectivity index (χ2n) is 7.33. The van der Waals surface area contributed by atoms with E-state index in [2.05, 4.69) is 20.7 Å². The molecule has 11 heteroatoms. The lowest BCUT2D eigenvalue weighted by Gasteiger charge is -2.48. The number of H-pyrrole nitrogens is 1. The lowest BCUT2D eigenvalue weighted by Crippen LogP contribution is -2.58. The van der Waals surface area contributed by atoms with E-state index in [-0.39, 0.29) is 47.7 Å². The highest BCUT2D eigenvalue weighted by molar-refractivity contribution is 5.93. The van der Waals surface area contributed by atoms with Crippen LogP contribution in [0.2, 0.25) is 0 Å². The highest BCUT2D eigenvalue weighted by Crippen LogP contribution is 2.35. The molecule has 160 valence electrons. The van der Waals surface area contributed by atoms with Gasteiger partial charge < -0.3 is 19.8 Å². The fourth-order valence-corrected chi connectivity index (χ4v) is 4.16. The van der Waals surface area contributed by atoms with Gasteiger partial charge in [0.2, 0.25) is 0 Å². The Morgan fingerprint density at radius 3 is 2.47 bits per heavy atom. The number of aryl methyl sites for hydroxylation is 1. The molecular formula is C19H23N5O6. The highest BCUT2D eigenvalue weighted by Gasteiger charge is 2.42. The van der Waals surface area contributed by atoms with E-state index >= 15 is 0 Å². The number of amides is 2. The molecule has 3 N–H and O–H groups in total. The molecule has 4 heterocycles. The number of nitrogens with one attached hydrogen (secondary N) is 2. The molecule has 1 unspecified atom stereocenters. The second kappa shape index (κ2) is 9.33. The molecule has 0 aromatic carbocycles. The third kappa shape index (κ3) is 4.73. The number of carbonyl (C=O) groups is 3. The zero-order chi connectivity index (χ0) is 21.7. The van der Waals surface area contributed by atoms with Crippen LogP contribution < -0.4 is 10.9 Å². The topological polar surface area (TPSA) is 158 Å². The van der Waals surface area contributed by atoms with E-state index in [1.165, 1.54) is 12.1 Å². The Bertz CT molecular complexity index is 936. The Morgan fingerprint density at radius 2 is 1.93 bits per heavy atom. The summed E-state index contributed by atoms with van der Waals surface area (Å²) in [6, 6.07) is 4.43. The molecule has 30 heavy (non-hydrogen) atoms. The summed E-state index contributed by atoms with van der Waals surface area (Å²) in [5, 5.41) is 19.8. The van der Waals surface area contributed by atoms with Crippen molar-refractivity contribution < 1.29 is 24.0 Å². The van der Waals surface area contributed by atoms with Crippen molar-refractivity contribution >= 4 is 18.3 Å². The normalized spacial score (nSPS) is 22.4. The lowest BCUT2D eigenvalue weighted by atomic mass is 9.81. The van der Waals surface area contributed by atoms with E-state index in [9.17, 15) is 14.4 Å². The van der Waals surface area contributed by atoms with Gasteiger partial charge in [-0.25, -0.2) is 5.10 Å². The third-order valence-electron chi connectivity index (χ3n) is 5.30. The Balaban J connectivity index is 0.000000806. The van der Waals surface area contributed by atoms with Crippen LogP contribution in [0.15, 0.2) is 27.5 Å². The van der Waals surface area contributed by atoms with Gasteiger partial charge in [0.15, 0.2) is 5.69 Å². The van der Waals surface area contributed by atoms with Gasteiger partial charge in [0.1, 0.15) is 11.5 Å². The monoisotopic (exact) mass is 417 g/mol. The van der Waals surface area contributed by atoms with Crippen molar-refractivity contribution in [2.24, 2.45) is 0 Å². The zero-order valence-electron chi connectivity index (χ0n) is 16.4. The molecule has 2 aliphatic rings. The van der Waals surface area contributed by atoms with Gasteiger partial charge in [-0.05, 0) is 45.1 Å². The molecular weight excluding hydrogens is 394 g/mol. The summed E-state index contributed by atoms with van der Waals surface area (Å²) in [4.78, 5) is 46.6. The van der Waals surface area contributed by atoms with Crippen LogP contribution >= 0.6 is 0 Å². The number of fused-ring (bicyclic) bond motifs is 2. The van der Waals surface area contributed by atoms with Crippen molar-refractivity contribution in [1.29, 1.82) is 0 Å². The van der Waals surface area contributed by atoms with Crippen molar-refractivity contribution in [3.63, 3.8) is 0 Å². The first-order valence-electron chi connectivity index (χ1n) is 9.63. The smallest absolute Gasteiger partial charge is 0.290 e. The number of piperidine rings is 2. The summed E-state index contributed by atoms with van der Waals surface area (Å²) in [7, 11) is 0. The van der Waals surface area contributed by atoms with Crippen molar-refractivity contribution in [2.45, 2.75) is 57.2 Å².